The smallest absolute Gasteiger partial charge is 0.318 e. The molecule has 0 aliphatic carbocycles. The average Bonchev–Trinajstić information content (AvgIpc) is 3.66. The van der Waals surface area contributed by atoms with Gasteiger partial charge in [0.15, 0.2) is 0 Å². The quantitative estimate of drug-likeness (QED) is 0.255. The summed E-state index contributed by atoms with van der Waals surface area (Å²) < 4.78 is 62.8. The molecule has 0 saturated carbocycles. The molecular formula is C29H39Br2ClN4O7S3. The Morgan fingerprint density at radius 2 is 1.67 bits per heavy atom. The maximum Gasteiger partial charge on any atom is 0.318 e. The van der Waals surface area contributed by atoms with Gasteiger partial charge < -0.3 is 14.7 Å². The number of sulfonamides is 2. The monoisotopic (exact) mass is 844 g/mol. The molecule has 0 spiro atoms. The van der Waals surface area contributed by atoms with E-state index in [1.165, 1.54) is 12.3 Å². The third-order valence-corrected chi connectivity index (χ3v) is 16.3. The van der Waals surface area contributed by atoms with Crippen molar-refractivity contribution in [1.29, 1.82) is 0 Å². The van der Waals surface area contributed by atoms with Gasteiger partial charge in [0.2, 0.25) is 10.0 Å². The first kappa shape index (κ1) is 36.4. The number of hydrogen-bond acceptors (Lipinski definition) is 9. The summed E-state index contributed by atoms with van der Waals surface area (Å²) in [4.78, 5) is 18.1. The third kappa shape index (κ3) is 8.84. The van der Waals surface area contributed by atoms with Crippen LogP contribution in [0.15, 0.2) is 36.4 Å². The number of nitrogens with zero attached hydrogens (tertiary/aromatic N) is 4. The lowest BCUT2D eigenvalue weighted by molar-refractivity contribution is -0.137. The van der Waals surface area contributed by atoms with Crippen LogP contribution in [-0.4, -0.2) is 93.5 Å². The fourth-order valence-electron chi connectivity index (χ4n) is 6.50. The van der Waals surface area contributed by atoms with E-state index in [0.29, 0.717) is 57.1 Å². The summed E-state index contributed by atoms with van der Waals surface area (Å²) in [6, 6.07) is 3.10. The molecule has 2 aromatic heterocycles. The highest BCUT2D eigenvalue weighted by Crippen LogP contribution is 2.38. The molecular weight excluding hydrogens is 808 g/mol. The second-order valence-corrected chi connectivity index (χ2v) is 19.7. The number of piperidine rings is 2. The first-order chi connectivity index (χ1) is 21.8. The van der Waals surface area contributed by atoms with Crippen LogP contribution < -0.4 is 4.90 Å². The van der Waals surface area contributed by atoms with Crippen molar-refractivity contribution in [3.8, 4) is 0 Å². The number of carboxylic acids is 1. The number of aliphatic carboxylic acids is 1. The van der Waals surface area contributed by atoms with E-state index in [2.05, 4.69) is 41.7 Å². The zero-order valence-corrected chi connectivity index (χ0v) is 31.7. The normalized spacial score (nSPS) is 21.0. The molecule has 46 heavy (non-hydrogen) atoms. The standard InChI is InChI=1S/C29H39Br2ClN4O7S3/c30-24-16-27(44-28(24)32)46(41,42)35-12-8-21(9-13-35)4-1-3-20-6-10-34(11-7-20)29-25(31)15-23(17-33-29)45(39,40)36(19-26(37)38)18-22-5-2-14-43-22/h15-17,20-22H,1-14,18-19H2,(H,37,38). The minimum Gasteiger partial charge on any atom is -0.480 e. The van der Waals surface area contributed by atoms with Crippen LogP contribution in [0, 0.1) is 11.8 Å². The highest BCUT2D eigenvalue weighted by molar-refractivity contribution is 9.11. The van der Waals surface area contributed by atoms with Crippen LogP contribution in [0.25, 0.3) is 0 Å². The molecule has 2 aromatic rings. The maximum atomic E-state index is 13.4. The second-order valence-electron chi connectivity index (χ2n) is 12.2. The van der Waals surface area contributed by atoms with Gasteiger partial charge in [0.25, 0.3) is 10.0 Å². The molecule has 256 valence electrons. The number of halogens is 3. The van der Waals surface area contributed by atoms with Gasteiger partial charge in [0.1, 0.15) is 25.8 Å². The van der Waals surface area contributed by atoms with Gasteiger partial charge in [-0.1, -0.05) is 30.9 Å². The molecule has 3 aliphatic heterocycles. The Hall–Kier alpha value is -0.850. The number of aromatic nitrogens is 1. The summed E-state index contributed by atoms with van der Waals surface area (Å²) in [5.41, 5.74) is 0. The van der Waals surface area contributed by atoms with E-state index in [1.807, 2.05) is 0 Å². The van der Waals surface area contributed by atoms with Crippen LogP contribution >= 0.6 is 54.8 Å². The second kappa shape index (κ2) is 15.8. The van der Waals surface area contributed by atoms with E-state index >= 15 is 0 Å². The highest BCUT2D eigenvalue weighted by Gasteiger charge is 2.33. The van der Waals surface area contributed by atoms with Gasteiger partial charge in [-0.05, 0) is 94.4 Å². The first-order valence-electron chi connectivity index (χ1n) is 15.5. The van der Waals surface area contributed by atoms with E-state index in [0.717, 1.165) is 80.1 Å². The number of ether oxygens (including phenoxy) is 1. The largest absolute Gasteiger partial charge is 0.480 e. The topological polar surface area (TPSA) is 137 Å². The van der Waals surface area contributed by atoms with E-state index in [1.54, 1.807) is 10.4 Å². The Bertz CT molecular complexity index is 1570. The summed E-state index contributed by atoms with van der Waals surface area (Å²) in [6.45, 7) is 2.59. The molecule has 0 radical (unpaired) electrons. The minimum absolute atomic E-state index is 0.00770. The highest BCUT2D eigenvalue weighted by atomic mass is 79.9. The van der Waals surface area contributed by atoms with Crippen LogP contribution in [0.5, 0.6) is 0 Å². The van der Waals surface area contributed by atoms with Gasteiger partial charge >= 0.3 is 5.97 Å². The number of pyridine rings is 1. The van der Waals surface area contributed by atoms with Crippen molar-refractivity contribution in [3.05, 3.63) is 31.6 Å². The number of carboxylic acid groups (broad SMARTS) is 1. The number of rotatable bonds is 13. The Morgan fingerprint density at radius 3 is 2.22 bits per heavy atom. The lowest BCUT2D eigenvalue weighted by atomic mass is 9.87. The Morgan fingerprint density at radius 1 is 1.02 bits per heavy atom. The maximum absolute atomic E-state index is 13.4. The lowest BCUT2D eigenvalue weighted by Gasteiger charge is -2.34. The number of anilines is 1. The molecule has 5 rings (SSSR count). The fraction of sp³-hybridized carbons (Fsp3) is 0.655. The molecule has 1 unspecified atom stereocenters. The van der Waals surface area contributed by atoms with E-state index in [-0.39, 0.29) is 21.8 Å². The van der Waals surface area contributed by atoms with Crippen molar-refractivity contribution in [2.75, 3.05) is 50.8 Å². The molecule has 1 atom stereocenters. The molecule has 1 N–H and O–H groups in total. The van der Waals surface area contributed by atoms with E-state index in [4.69, 9.17) is 16.3 Å². The summed E-state index contributed by atoms with van der Waals surface area (Å²) in [5.74, 6) is 0.579. The summed E-state index contributed by atoms with van der Waals surface area (Å²) in [7, 11) is -7.60. The SMILES string of the molecule is O=C(O)CN(CC1CCCO1)S(=O)(=O)c1cnc(N2CCC(CCCC3CCN(S(=O)(=O)c4cc(Br)c(Cl)s4)CC3)CC2)c(Br)c1. The fourth-order valence-corrected chi connectivity index (χ4v) is 12.6. The van der Waals surface area contributed by atoms with Crippen molar-refractivity contribution in [1.82, 2.24) is 13.6 Å². The summed E-state index contributed by atoms with van der Waals surface area (Å²) >= 11 is 14.0. The zero-order chi connectivity index (χ0) is 33.1. The van der Waals surface area contributed by atoms with Gasteiger partial charge in [-0.25, -0.2) is 21.8 Å². The van der Waals surface area contributed by atoms with Crippen molar-refractivity contribution in [2.45, 2.75) is 73.0 Å². The summed E-state index contributed by atoms with van der Waals surface area (Å²) in [6.07, 6.45) is 9.61. The van der Waals surface area contributed by atoms with Gasteiger partial charge in [0, 0.05) is 50.0 Å². The molecule has 0 bridgehead atoms. The predicted molar refractivity (Wildman–Crippen MR) is 185 cm³/mol. The van der Waals surface area contributed by atoms with Crippen LogP contribution in [0.3, 0.4) is 0 Å². The molecule has 3 aliphatic rings. The van der Waals surface area contributed by atoms with Crippen LogP contribution in [0.1, 0.15) is 57.8 Å². The minimum atomic E-state index is -4.08. The van der Waals surface area contributed by atoms with Crippen molar-refractivity contribution in [3.63, 3.8) is 0 Å². The predicted octanol–water partition coefficient (Wildman–Crippen LogP) is 6.06. The van der Waals surface area contributed by atoms with Gasteiger partial charge in [-0.2, -0.15) is 8.61 Å². The Labute approximate surface area is 297 Å². The molecule has 0 amide bonds. The summed E-state index contributed by atoms with van der Waals surface area (Å²) in [5, 5.41) is 9.35. The number of hydrogen-bond donors (Lipinski definition) is 1. The van der Waals surface area contributed by atoms with Crippen LogP contribution in [0.4, 0.5) is 5.82 Å². The molecule has 0 aromatic carbocycles. The van der Waals surface area contributed by atoms with Crippen molar-refractivity contribution >= 4 is 86.6 Å². The molecule has 5 heterocycles. The number of thiophene rings is 1. The Kier molecular flexibility index (Phi) is 12.5. The zero-order valence-electron chi connectivity index (χ0n) is 25.3. The van der Waals surface area contributed by atoms with Crippen LogP contribution in [-0.2, 0) is 29.6 Å². The van der Waals surface area contributed by atoms with Gasteiger partial charge in [-0.15, -0.1) is 11.3 Å². The average molecular weight is 847 g/mol. The van der Waals surface area contributed by atoms with E-state index < -0.39 is 32.6 Å². The molecule has 11 nitrogen and oxygen atoms in total. The van der Waals surface area contributed by atoms with E-state index in [9.17, 15) is 26.7 Å². The molecule has 3 saturated heterocycles. The molecule has 3 fully saturated rings. The lowest BCUT2D eigenvalue weighted by Crippen LogP contribution is -2.40. The molecule has 17 heteroatoms. The van der Waals surface area contributed by atoms with Gasteiger partial charge in [0.05, 0.1) is 10.6 Å². The van der Waals surface area contributed by atoms with Crippen molar-refractivity contribution in [2.24, 2.45) is 11.8 Å². The van der Waals surface area contributed by atoms with Gasteiger partial charge in [-0.3, -0.25) is 4.79 Å². The Balaban J connectivity index is 1.07. The first-order valence-corrected chi connectivity index (χ1v) is 21.2. The third-order valence-electron chi connectivity index (χ3n) is 9.11. The number of carbonyl (C=O) groups is 1. The van der Waals surface area contributed by atoms with Crippen molar-refractivity contribution < 1.29 is 31.5 Å². The van der Waals surface area contributed by atoms with Crippen LogP contribution in [0.2, 0.25) is 4.34 Å².